The maximum Gasteiger partial charge on any atom is 0.0626 e. The van der Waals surface area contributed by atoms with Crippen LogP contribution in [0.25, 0.3) is 11.1 Å². The predicted octanol–water partition coefficient (Wildman–Crippen LogP) is 5.66. The van der Waals surface area contributed by atoms with E-state index >= 15 is 0 Å². The van der Waals surface area contributed by atoms with Crippen LogP contribution in [0.5, 0.6) is 0 Å². The van der Waals surface area contributed by atoms with Crippen LogP contribution in [0, 0.1) is 0 Å². The molecule has 0 aliphatic heterocycles. The summed E-state index contributed by atoms with van der Waals surface area (Å²) in [5, 5.41) is 1.61. The largest absolute Gasteiger partial charge is 0.0876 e. The minimum atomic E-state index is 0.759. The summed E-state index contributed by atoms with van der Waals surface area (Å²) in [4.78, 5) is 0. The Labute approximate surface area is 117 Å². The Morgan fingerprint density at radius 3 is 2.56 bits per heavy atom. The van der Waals surface area contributed by atoms with E-state index in [0.29, 0.717) is 0 Å². The molecule has 0 radical (unpaired) electrons. The SMILES string of the molecule is Clc1c(Br)cccc1-c1cccc(CBr)c1. The fourth-order valence-corrected chi connectivity index (χ4v) is 2.50. The van der Waals surface area contributed by atoms with E-state index in [9.17, 15) is 0 Å². The molecule has 0 heterocycles. The van der Waals surface area contributed by atoms with Crippen LogP contribution in [-0.4, -0.2) is 0 Å². The number of benzene rings is 2. The topological polar surface area (TPSA) is 0 Å². The van der Waals surface area contributed by atoms with Crippen LogP contribution in [0.4, 0.5) is 0 Å². The zero-order chi connectivity index (χ0) is 11.5. The molecule has 16 heavy (non-hydrogen) atoms. The van der Waals surface area contributed by atoms with Gasteiger partial charge in [-0.05, 0) is 33.1 Å². The first-order valence-electron chi connectivity index (χ1n) is 4.81. The first-order chi connectivity index (χ1) is 7.72. The Bertz CT molecular complexity index is 509. The maximum atomic E-state index is 6.26. The normalized spacial score (nSPS) is 10.4. The van der Waals surface area contributed by atoms with Gasteiger partial charge in [-0.15, -0.1) is 0 Å². The Morgan fingerprint density at radius 2 is 1.81 bits per heavy atom. The Hall–Kier alpha value is -0.310. The van der Waals surface area contributed by atoms with Crippen molar-refractivity contribution in [2.24, 2.45) is 0 Å². The van der Waals surface area contributed by atoms with Crippen molar-refractivity contribution >= 4 is 43.5 Å². The van der Waals surface area contributed by atoms with E-state index in [4.69, 9.17) is 11.6 Å². The second-order valence-corrected chi connectivity index (χ2v) is 5.23. The van der Waals surface area contributed by atoms with Gasteiger partial charge < -0.3 is 0 Å². The van der Waals surface area contributed by atoms with E-state index in [-0.39, 0.29) is 0 Å². The Morgan fingerprint density at radius 1 is 1.06 bits per heavy atom. The van der Waals surface area contributed by atoms with Gasteiger partial charge in [-0.3, -0.25) is 0 Å². The molecule has 0 bridgehead atoms. The number of hydrogen-bond acceptors (Lipinski definition) is 0. The van der Waals surface area contributed by atoms with E-state index in [2.05, 4.69) is 50.1 Å². The van der Waals surface area contributed by atoms with Gasteiger partial charge in [0.2, 0.25) is 0 Å². The predicted molar refractivity (Wildman–Crippen MR) is 77.2 cm³/mol. The molecule has 2 aromatic rings. The van der Waals surface area contributed by atoms with Gasteiger partial charge >= 0.3 is 0 Å². The lowest BCUT2D eigenvalue weighted by Crippen LogP contribution is -1.83. The summed E-state index contributed by atoms with van der Waals surface area (Å²) >= 11 is 13.2. The van der Waals surface area contributed by atoms with Crippen molar-refractivity contribution in [3.63, 3.8) is 0 Å². The zero-order valence-electron chi connectivity index (χ0n) is 8.38. The van der Waals surface area contributed by atoms with Crippen molar-refractivity contribution in [3.8, 4) is 11.1 Å². The monoisotopic (exact) mass is 358 g/mol. The van der Waals surface area contributed by atoms with Crippen molar-refractivity contribution in [1.82, 2.24) is 0 Å². The van der Waals surface area contributed by atoms with Crippen molar-refractivity contribution in [1.29, 1.82) is 0 Å². The van der Waals surface area contributed by atoms with Gasteiger partial charge in [0.25, 0.3) is 0 Å². The van der Waals surface area contributed by atoms with Crippen LogP contribution in [0.1, 0.15) is 5.56 Å². The fourth-order valence-electron chi connectivity index (χ4n) is 1.55. The smallest absolute Gasteiger partial charge is 0.0626 e. The lowest BCUT2D eigenvalue weighted by Gasteiger charge is -2.07. The molecule has 2 aromatic carbocycles. The first-order valence-corrected chi connectivity index (χ1v) is 7.11. The summed E-state index contributed by atoms with van der Waals surface area (Å²) in [6.07, 6.45) is 0. The van der Waals surface area contributed by atoms with Crippen LogP contribution in [0.2, 0.25) is 5.02 Å². The molecule has 0 amide bonds. The highest BCUT2D eigenvalue weighted by Gasteiger charge is 2.06. The fraction of sp³-hybridized carbons (Fsp3) is 0.0769. The maximum absolute atomic E-state index is 6.26. The molecule has 0 aliphatic carbocycles. The molecular formula is C13H9Br2Cl. The molecule has 0 aromatic heterocycles. The average molecular weight is 360 g/mol. The molecular weight excluding hydrogens is 351 g/mol. The number of halogens is 3. The molecule has 0 atom stereocenters. The minimum Gasteiger partial charge on any atom is -0.0876 e. The van der Waals surface area contributed by atoms with E-state index in [1.807, 2.05) is 24.3 Å². The lowest BCUT2D eigenvalue weighted by molar-refractivity contribution is 1.43. The molecule has 2 rings (SSSR count). The first kappa shape index (κ1) is 12.2. The van der Waals surface area contributed by atoms with Crippen molar-refractivity contribution in [2.45, 2.75) is 5.33 Å². The van der Waals surface area contributed by atoms with Crippen molar-refractivity contribution in [2.75, 3.05) is 0 Å². The van der Waals surface area contributed by atoms with Crippen molar-refractivity contribution in [3.05, 3.63) is 57.5 Å². The summed E-state index contributed by atoms with van der Waals surface area (Å²) < 4.78 is 0.927. The molecule has 0 unspecified atom stereocenters. The zero-order valence-corrected chi connectivity index (χ0v) is 12.3. The molecule has 0 saturated heterocycles. The summed E-state index contributed by atoms with van der Waals surface area (Å²) in [7, 11) is 0. The van der Waals surface area contributed by atoms with Crippen LogP contribution >= 0.6 is 43.5 Å². The lowest BCUT2D eigenvalue weighted by atomic mass is 10.0. The Balaban J connectivity index is 2.54. The molecule has 0 N–H and O–H groups in total. The molecule has 0 aliphatic rings. The third kappa shape index (κ3) is 2.50. The molecule has 0 saturated carbocycles. The van der Waals surface area contributed by atoms with Gasteiger partial charge in [0.15, 0.2) is 0 Å². The van der Waals surface area contributed by atoms with Crippen LogP contribution < -0.4 is 0 Å². The molecule has 0 fully saturated rings. The van der Waals surface area contributed by atoms with Gasteiger partial charge in [0.1, 0.15) is 0 Å². The van der Waals surface area contributed by atoms with Gasteiger partial charge in [0.05, 0.1) is 5.02 Å². The molecule has 3 heteroatoms. The summed E-state index contributed by atoms with van der Waals surface area (Å²) in [6, 6.07) is 14.3. The summed E-state index contributed by atoms with van der Waals surface area (Å²) in [6.45, 7) is 0. The van der Waals surface area contributed by atoms with Crippen LogP contribution in [0.3, 0.4) is 0 Å². The molecule has 0 nitrogen and oxygen atoms in total. The van der Waals surface area contributed by atoms with Gasteiger partial charge in [0, 0.05) is 15.4 Å². The Kier molecular flexibility index (Phi) is 4.06. The average Bonchev–Trinajstić information content (AvgIpc) is 2.33. The van der Waals surface area contributed by atoms with Crippen molar-refractivity contribution < 1.29 is 0 Å². The second-order valence-electron chi connectivity index (χ2n) is 3.44. The van der Waals surface area contributed by atoms with E-state index in [1.165, 1.54) is 5.56 Å². The van der Waals surface area contributed by atoms with E-state index in [1.54, 1.807) is 0 Å². The highest BCUT2D eigenvalue weighted by atomic mass is 79.9. The van der Waals surface area contributed by atoms with E-state index < -0.39 is 0 Å². The molecule has 82 valence electrons. The van der Waals surface area contributed by atoms with Gasteiger partial charge in [-0.2, -0.15) is 0 Å². The second kappa shape index (κ2) is 5.35. The minimum absolute atomic E-state index is 0.759. The van der Waals surface area contributed by atoms with Gasteiger partial charge in [-0.25, -0.2) is 0 Å². The van der Waals surface area contributed by atoms with Crippen LogP contribution in [0.15, 0.2) is 46.9 Å². The summed E-state index contributed by atoms with van der Waals surface area (Å²) in [5.74, 6) is 0. The standard InChI is InChI=1S/C13H9Br2Cl/c14-8-9-3-1-4-10(7-9)11-5-2-6-12(15)13(11)16/h1-7H,8H2. The molecule has 0 spiro atoms. The number of hydrogen-bond donors (Lipinski definition) is 0. The summed E-state index contributed by atoms with van der Waals surface area (Å²) in [5.41, 5.74) is 3.44. The van der Waals surface area contributed by atoms with E-state index in [0.717, 1.165) is 26.0 Å². The highest BCUT2D eigenvalue weighted by Crippen LogP contribution is 2.33. The van der Waals surface area contributed by atoms with Gasteiger partial charge in [-0.1, -0.05) is 63.9 Å². The number of alkyl halides is 1. The number of rotatable bonds is 2. The third-order valence-corrected chi connectivity index (χ3v) is 4.29. The quantitative estimate of drug-likeness (QED) is 0.606. The highest BCUT2D eigenvalue weighted by molar-refractivity contribution is 9.10. The van der Waals surface area contributed by atoms with Crippen LogP contribution in [-0.2, 0) is 5.33 Å². The third-order valence-electron chi connectivity index (χ3n) is 2.34.